The molecule has 1 aliphatic carbocycles. The van der Waals surface area contributed by atoms with Crippen molar-refractivity contribution in [2.75, 3.05) is 14.1 Å². The van der Waals surface area contributed by atoms with Crippen molar-refractivity contribution < 1.29 is 4.79 Å². The summed E-state index contributed by atoms with van der Waals surface area (Å²) >= 11 is 0. The molecule has 0 fully saturated rings. The summed E-state index contributed by atoms with van der Waals surface area (Å²) in [5.74, 6) is 0. The van der Waals surface area contributed by atoms with Crippen LogP contribution in [0.4, 0.5) is 0 Å². The summed E-state index contributed by atoms with van der Waals surface area (Å²) in [5.41, 5.74) is 2.16. The number of allylic oxidation sites excluding steroid dienone is 3. The van der Waals surface area contributed by atoms with Gasteiger partial charge in [0.25, 0.3) is 0 Å². The largest absolute Gasteiger partial charge is 0.383 e. The van der Waals surface area contributed by atoms with Gasteiger partial charge in [-0.3, -0.25) is 4.79 Å². The average Bonchev–Trinajstić information content (AvgIpc) is 2.34. The summed E-state index contributed by atoms with van der Waals surface area (Å²) in [7, 11) is 3.97. The molecule has 0 N–H and O–H groups in total. The Bertz CT molecular complexity index is 214. The minimum atomic E-state index is 0.906. The molecular formula is C9H13NO. The first kappa shape index (κ1) is 8.05. The highest BCUT2D eigenvalue weighted by molar-refractivity contribution is 5.75. The van der Waals surface area contributed by atoms with E-state index in [9.17, 15) is 4.79 Å². The Labute approximate surface area is 67.2 Å². The molecule has 0 aromatic heterocycles. The Balaban J connectivity index is 2.65. The van der Waals surface area contributed by atoms with Crippen LogP contribution in [0.1, 0.15) is 12.8 Å². The summed E-state index contributed by atoms with van der Waals surface area (Å²) in [5, 5.41) is 0. The lowest BCUT2D eigenvalue weighted by atomic mass is 10.2. The van der Waals surface area contributed by atoms with Gasteiger partial charge in [0.1, 0.15) is 6.29 Å². The molecule has 11 heavy (non-hydrogen) atoms. The number of hydrogen-bond acceptors (Lipinski definition) is 2. The number of hydrogen-bond donors (Lipinski definition) is 0. The fourth-order valence-corrected chi connectivity index (χ4v) is 1.20. The number of nitrogens with zero attached hydrogens (tertiary/aromatic N) is 1. The van der Waals surface area contributed by atoms with Gasteiger partial charge in [0.05, 0.1) is 0 Å². The quantitative estimate of drug-likeness (QED) is 0.555. The predicted molar refractivity (Wildman–Crippen MR) is 45.2 cm³/mol. The fraction of sp³-hybridized carbons (Fsp3) is 0.444. The maximum atomic E-state index is 10.3. The molecule has 0 bridgehead atoms. The number of carbonyl (C=O) groups excluding carboxylic acids is 1. The van der Waals surface area contributed by atoms with Gasteiger partial charge in [-0.25, -0.2) is 0 Å². The van der Waals surface area contributed by atoms with Crippen LogP contribution in [0.5, 0.6) is 0 Å². The molecule has 0 heterocycles. The van der Waals surface area contributed by atoms with Gasteiger partial charge in [0, 0.05) is 20.3 Å². The van der Waals surface area contributed by atoms with Gasteiger partial charge in [-0.15, -0.1) is 0 Å². The van der Waals surface area contributed by atoms with Crippen molar-refractivity contribution in [2.24, 2.45) is 0 Å². The van der Waals surface area contributed by atoms with Crippen LogP contribution in [0, 0.1) is 0 Å². The zero-order chi connectivity index (χ0) is 8.27. The molecule has 1 aliphatic rings. The third kappa shape index (κ3) is 2.22. The van der Waals surface area contributed by atoms with E-state index in [0.717, 1.165) is 24.7 Å². The molecule has 60 valence electrons. The third-order valence-corrected chi connectivity index (χ3v) is 1.65. The van der Waals surface area contributed by atoms with Crippen molar-refractivity contribution in [3.8, 4) is 0 Å². The van der Waals surface area contributed by atoms with E-state index in [0.29, 0.717) is 0 Å². The fourth-order valence-electron chi connectivity index (χ4n) is 1.20. The highest BCUT2D eigenvalue weighted by Crippen LogP contribution is 2.21. The molecule has 0 spiro atoms. The van der Waals surface area contributed by atoms with Crippen molar-refractivity contribution >= 4 is 6.29 Å². The van der Waals surface area contributed by atoms with Crippen molar-refractivity contribution in [2.45, 2.75) is 12.8 Å². The van der Waals surface area contributed by atoms with E-state index in [-0.39, 0.29) is 0 Å². The molecule has 0 aliphatic heterocycles. The molecule has 0 saturated carbocycles. The predicted octanol–water partition coefficient (Wildman–Crippen LogP) is 1.35. The monoisotopic (exact) mass is 151 g/mol. The SMILES string of the molecule is CN(C)C=C1C=C(C=O)CC1. The van der Waals surface area contributed by atoms with E-state index < -0.39 is 0 Å². The van der Waals surface area contributed by atoms with E-state index >= 15 is 0 Å². The minimum Gasteiger partial charge on any atom is -0.383 e. The highest BCUT2D eigenvalue weighted by atomic mass is 16.1. The zero-order valence-electron chi connectivity index (χ0n) is 7.00. The first-order valence-corrected chi connectivity index (χ1v) is 3.75. The van der Waals surface area contributed by atoms with Crippen LogP contribution in [0.2, 0.25) is 0 Å². The van der Waals surface area contributed by atoms with Gasteiger partial charge in [0.2, 0.25) is 0 Å². The number of rotatable bonds is 2. The number of aldehydes is 1. The van der Waals surface area contributed by atoms with Crippen LogP contribution in [0.25, 0.3) is 0 Å². The Morgan fingerprint density at radius 3 is 2.64 bits per heavy atom. The number of carbonyl (C=O) groups is 1. The van der Waals surface area contributed by atoms with Crippen LogP contribution >= 0.6 is 0 Å². The lowest BCUT2D eigenvalue weighted by Crippen LogP contribution is -2.01. The lowest BCUT2D eigenvalue weighted by molar-refractivity contribution is -0.105. The normalized spacial score (nSPS) is 20.2. The summed E-state index contributed by atoms with van der Waals surface area (Å²) in [4.78, 5) is 12.3. The van der Waals surface area contributed by atoms with Crippen LogP contribution in [0.15, 0.2) is 23.4 Å². The first-order chi connectivity index (χ1) is 5.22. The van der Waals surface area contributed by atoms with Crippen molar-refractivity contribution in [3.05, 3.63) is 23.4 Å². The van der Waals surface area contributed by atoms with Gasteiger partial charge in [-0.1, -0.05) is 6.08 Å². The van der Waals surface area contributed by atoms with Crippen LogP contribution < -0.4 is 0 Å². The molecular weight excluding hydrogens is 138 g/mol. The summed E-state index contributed by atoms with van der Waals surface area (Å²) in [6.07, 6.45) is 6.87. The second-order valence-electron chi connectivity index (χ2n) is 3.00. The molecule has 1 rings (SSSR count). The van der Waals surface area contributed by atoms with E-state index in [1.807, 2.05) is 25.1 Å². The van der Waals surface area contributed by atoms with Crippen LogP contribution in [0.3, 0.4) is 0 Å². The molecule has 0 saturated heterocycles. The maximum absolute atomic E-state index is 10.3. The van der Waals surface area contributed by atoms with Gasteiger partial charge < -0.3 is 4.90 Å². The molecule has 0 atom stereocenters. The van der Waals surface area contributed by atoms with Crippen molar-refractivity contribution in [1.29, 1.82) is 0 Å². The maximum Gasteiger partial charge on any atom is 0.146 e. The Morgan fingerprint density at radius 2 is 2.18 bits per heavy atom. The van der Waals surface area contributed by atoms with E-state index in [4.69, 9.17) is 0 Å². The Hall–Kier alpha value is -1.05. The Morgan fingerprint density at radius 1 is 1.45 bits per heavy atom. The van der Waals surface area contributed by atoms with Crippen LogP contribution in [-0.4, -0.2) is 25.3 Å². The second-order valence-corrected chi connectivity index (χ2v) is 3.00. The van der Waals surface area contributed by atoms with Gasteiger partial charge >= 0.3 is 0 Å². The third-order valence-electron chi connectivity index (χ3n) is 1.65. The Kier molecular flexibility index (Phi) is 2.47. The van der Waals surface area contributed by atoms with E-state index in [1.54, 1.807) is 0 Å². The van der Waals surface area contributed by atoms with Crippen molar-refractivity contribution in [1.82, 2.24) is 4.90 Å². The summed E-state index contributed by atoms with van der Waals surface area (Å²) in [6, 6.07) is 0. The summed E-state index contributed by atoms with van der Waals surface area (Å²) in [6.45, 7) is 0. The minimum absolute atomic E-state index is 0.906. The van der Waals surface area contributed by atoms with E-state index in [1.165, 1.54) is 5.57 Å². The average molecular weight is 151 g/mol. The summed E-state index contributed by atoms with van der Waals surface area (Å²) < 4.78 is 0. The molecule has 0 amide bonds. The molecule has 2 heteroatoms. The molecule has 0 aromatic rings. The second kappa shape index (κ2) is 3.37. The van der Waals surface area contributed by atoms with Crippen molar-refractivity contribution in [3.63, 3.8) is 0 Å². The molecule has 0 unspecified atom stereocenters. The molecule has 0 radical (unpaired) electrons. The molecule has 2 nitrogen and oxygen atoms in total. The topological polar surface area (TPSA) is 20.3 Å². The first-order valence-electron chi connectivity index (χ1n) is 3.75. The molecule has 0 aromatic carbocycles. The highest BCUT2D eigenvalue weighted by Gasteiger charge is 2.07. The zero-order valence-corrected chi connectivity index (χ0v) is 7.00. The van der Waals surface area contributed by atoms with Crippen LogP contribution in [-0.2, 0) is 4.79 Å². The smallest absolute Gasteiger partial charge is 0.146 e. The standard InChI is InChI=1S/C9H13NO/c1-10(2)6-8-3-4-9(5-8)7-11/h5-7H,3-4H2,1-2H3. The van der Waals surface area contributed by atoms with Gasteiger partial charge in [-0.2, -0.15) is 0 Å². The van der Waals surface area contributed by atoms with Gasteiger partial charge in [-0.05, 0) is 24.0 Å². The lowest BCUT2D eigenvalue weighted by Gasteiger charge is -2.04. The van der Waals surface area contributed by atoms with E-state index in [2.05, 4.69) is 6.20 Å². The van der Waals surface area contributed by atoms with Gasteiger partial charge in [0.15, 0.2) is 0 Å².